The Balaban J connectivity index is -0.000000500. The zero-order chi connectivity index (χ0) is 8.53. The molecule has 0 amide bonds. The van der Waals surface area contributed by atoms with Gasteiger partial charge in [0.15, 0.2) is 0 Å². The largest absolute Gasteiger partial charge is 1.00 e. The second-order valence-electron chi connectivity index (χ2n) is 2.75. The third-order valence-corrected chi connectivity index (χ3v) is 1.55. The van der Waals surface area contributed by atoms with E-state index in [0.29, 0.717) is 6.61 Å². The van der Waals surface area contributed by atoms with E-state index in [9.17, 15) is 4.79 Å². The van der Waals surface area contributed by atoms with E-state index in [4.69, 9.17) is 4.74 Å². The molecule has 0 radical (unpaired) electrons. The predicted molar refractivity (Wildman–Crippen MR) is 46.5 cm³/mol. The Kier molecular flexibility index (Phi) is 15.7. The molecule has 0 aliphatic heterocycles. The first-order chi connectivity index (χ1) is 5.27. The number of hydrogen-bond donors (Lipinski definition) is 0. The van der Waals surface area contributed by atoms with Crippen molar-refractivity contribution in [3.8, 4) is 0 Å². The molecule has 2 nitrogen and oxygen atoms in total. The maximum Gasteiger partial charge on any atom is 1.00 e. The van der Waals surface area contributed by atoms with Crippen molar-refractivity contribution in [2.24, 2.45) is 0 Å². The van der Waals surface area contributed by atoms with Crippen LogP contribution in [0.25, 0.3) is 0 Å². The number of carbonyl (C=O) groups is 1. The Morgan fingerprint density at radius 3 is 2.33 bits per heavy atom. The molecule has 0 heterocycles. The van der Waals surface area contributed by atoms with Gasteiger partial charge in [0.1, 0.15) is 0 Å². The molecular weight excluding hydrogens is 179 g/mol. The fraction of sp³-hybridized carbons (Fsp3) is 0.889. The molecule has 0 aromatic rings. The maximum absolute atomic E-state index is 10.3. The van der Waals surface area contributed by atoms with E-state index in [2.05, 4.69) is 6.92 Å². The second-order valence-corrected chi connectivity index (χ2v) is 2.75. The van der Waals surface area contributed by atoms with Gasteiger partial charge < -0.3 is 6.16 Å². The fourth-order valence-corrected chi connectivity index (χ4v) is 0.922. The van der Waals surface area contributed by atoms with E-state index in [-0.39, 0.29) is 58.8 Å². The van der Waals surface area contributed by atoms with Crippen LogP contribution in [0.1, 0.15) is 47.4 Å². The predicted octanol–water partition coefficient (Wildman–Crippen LogP) is -0.364. The van der Waals surface area contributed by atoms with Gasteiger partial charge in [0.2, 0.25) is 0 Å². The van der Waals surface area contributed by atoms with Gasteiger partial charge in [0, 0.05) is 6.92 Å². The molecule has 0 rings (SSSR count). The third kappa shape index (κ3) is 13.7. The van der Waals surface area contributed by atoms with Crippen LogP contribution in [0.2, 0.25) is 0 Å². The minimum Gasteiger partial charge on any atom is -1.00 e. The van der Waals surface area contributed by atoms with E-state index in [1.807, 2.05) is 0 Å². The molecule has 68 valence electrons. The minimum absolute atomic E-state index is 0. The number of ether oxygens (including phenoxy) is 1. The van der Waals surface area contributed by atoms with Crippen molar-refractivity contribution in [3.63, 3.8) is 0 Å². The van der Waals surface area contributed by atoms with Crippen LogP contribution in [0.5, 0.6) is 0 Å². The molecule has 0 unspecified atom stereocenters. The second kappa shape index (κ2) is 12.1. The summed E-state index contributed by atoms with van der Waals surface area (Å²) in [6, 6.07) is 0. The summed E-state index contributed by atoms with van der Waals surface area (Å²) in [6.45, 7) is 4.23. The average molecular weight is 198 g/mol. The zero-order valence-corrected chi connectivity index (χ0v) is 11.7. The molecule has 12 heavy (non-hydrogen) atoms. The van der Waals surface area contributed by atoms with Gasteiger partial charge in [-0.05, 0) is 6.42 Å². The van der Waals surface area contributed by atoms with Crippen molar-refractivity contribution in [2.75, 3.05) is 6.61 Å². The quantitative estimate of drug-likeness (QED) is 0.331. The van der Waals surface area contributed by atoms with Crippen LogP contribution in [0, 0.1) is 0 Å². The van der Waals surface area contributed by atoms with Crippen LogP contribution in [0.4, 0.5) is 0 Å². The van der Waals surface area contributed by atoms with E-state index in [1.165, 1.54) is 32.6 Å². The normalized spacial score (nSPS) is 8.83. The Bertz CT molecular complexity index is 110. The standard InChI is InChI=1S/C9H18O2.K.H/c1-3-4-5-6-7-8-11-9(2)10;;/h3-8H2,1-2H3;;/q;+1;-1. The van der Waals surface area contributed by atoms with Crippen molar-refractivity contribution in [1.82, 2.24) is 0 Å². The molecule has 0 bridgehead atoms. The molecule has 0 aromatic heterocycles. The molecule has 0 aliphatic carbocycles. The summed E-state index contributed by atoms with van der Waals surface area (Å²) in [7, 11) is 0. The average Bonchev–Trinajstić information content (AvgIpc) is 1.96. The van der Waals surface area contributed by atoms with Crippen molar-refractivity contribution in [1.29, 1.82) is 0 Å². The summed E-state index contributed by atoms with van der Waals surface area (Å²) in [6.07, 6.45) is 6.01. The molecule has 0 spiro atoms. The minimum atomic E-state index is -0.166. The molecule has 0 saturated heterocycles. The van der Waals surface area contributed by atoms with Crippen molar-refractivity contribution < 1.29 is 62.3 Å². The van der Waals surface area contributed by atoms with Gasteiger partial charge >= 0.3 is 57.4 Å². The molecule has 0 atom stereocenters. The summed E-state index contributed by atoms with van der Waals surface area (Å²) in [4.78, 5) is 10.3. The van der Waals surface area contributed by atoms with Crippen LogP contribution < -0.4 is 51.4 Å². The van der Waals surface area contributed by atoms with Gasteiger partial charge in [-0.15, -0.1) is 0 Å². The summed E-state index contributed by atoms with van der Waals surface area (Å²) in [5.74, 6) is -0.166. The van der Waals surface area contributed by atoms with Crippen LogP contribution >= 0.6 is 0 Å². The number of hydrogen-bond acceptors (Lipinski definition) is 2. The Labute approximate surface area is 119 Å². The van der Waals surface area contributed by atoms with Crippen LogP contribution in [0.15, 0.2) is 0 Å². The van der Waals surface area contributed by atoms with Gasteiger partial charge in [-0.25, -0.2) is 0 Å². The molecule has 0 aromatic carbocycles. The fourth-order valence-electron chi connectivity index (χ4n) is 0.922. The number of rotatable bonds is 6. The van der Waals surface area contributed by atoms with Gasteiger partial charge in [-0.3, -0.25) is 4.79 Å². The van der Waals surface area contributed by atoms with Crippen LogP contribution in [0.3, 0.4) is 0 Å². The van der Waals surface area contributed by atoms with Gasteiger partial charge in [-0.2, -0.15) is 0 Å². The van der Waals surface area contributed by atoms with Crippen molar-refractivity contribution in [3.05, 3.63) is 0 Å². The Morgan fingerprint density at radius 1 is 1.25 bits per heavy atom. The van der Waals surface area contributed by atoms with Gasteiger partial charge in [0.05, 0.1) is 6.61 Å². The van der Waals surface area contributed by atoms with Crippen LogP contribution in [-0.2, 0) is 9.53 Å². The summed E-state index contributed by atoms with van der Waals surface area (Å²) < 4.78 is 4.78. The Morgan fingerprint density at radius 2 is 1.83 bits per heavy atom. The number of carbonyl (C=O) groups excluding carboxylic acids is 1. The van der Waals surface area contributed by atoms with E-state index >= 15 is 0 Å². The first kappa shape index (κ1) is 15.6. The molecule has 0 saturated carbocycles. The zero-order valence-electron chi connectivity index (χ0n) is 9.56. The molecule has 0 N–H and O–H groups in total. The SMILES string of the molecule is CCCCCCCOC(C)=O.[H-].[K+]. The third-order valence-electron chi connectivity index (χ3n) is 1.55. The van der Waals surface area contributed by atoms with E-state index < -0.39 is 0 Å². The molecule has 3 heteroatoms. The Hall–Kier alpha value is 1.11. The first-order valence-corrected chi connectivity index (χ1v) is 4.40. The summed E-state index contributed by atoms with van der Waals surface area (Å²) >= 11 is 0. The maximum atomic E-state index is 10.3. The number of unbranched alkanes of at least 4 members (excludes halogenated alkanes) is 4. The van der Waals surface area contributed by atoms with Gasteiger partial charge in [-0.1, -0.05) is 32.6 Å². The number of esters is 1. The van der Waals surface area contributed by atoms with E-state index in [1.54, 1.807) is 0 Å². The van der Waals surface area contributed by atoms with Crippen LogP contribution in [-0.4, -0.2) is 12.6 Å². The molecule has 0 fully saturated rings. The monoisotopic (exact) mass is 198 g/mol. The van der Waals surface area contributed by atoms with Crippen molar-refractivity contribution >= 4 is 5.97 Å². The topological polar surface area (TPSA) is 26.3 Å². The smallest absolute Gasteiger partial charge is 1.00 e. The van der Waals surface area contributed by atoms with E-state index in [0.717, 1.165) is 6.42 Å². The first-order valence-electron chi connectivity index (χ1n) is 4.40. The summed E-state index contributed by atoms with van der Waals surface area (Å²) in [5.41, 5.74) is 0. The summed E-state index contributed by atoms with van der Waals surface area (Å²) in [5, 5.41) is 0. The van der Waals surface area contributed by atoms with Gasteiger partial charge in [0.25, 0.3) is 0 Å². The van der Waals surface area contributed by atoms with Crippen molar-refractivity contribution in [2.45, 2.75) is 46.0 Å². The molecule has 0 aliphatic rings. The molecular formula is C9H19KO2.